The van der Waals surface area contributed by atoms with Gasteiger partial charge in [-0.2, -0.15) is 0 Å². The summed E-state index contributed by atoms with van der Waals surface area (Å²) < 4.78 is 11.0. The number of benzene rings is 1. The number of methoxy groups -OCH3 is 1. The van der Waals surface area contributed by atoms with E-state index in [0.717, 1.165) is 30.2 Å². The molecule has 20 heavy (non-hydrogen) atoms. The lowest BCUT2D eigenvalue weighted by Gasteiger charge is -2.38. The van der Waals surface area contributed by atoms with E-state index in [1.807, 2.05) is 18.2 Å². The Morgan fingerprint density at radius 2 is 1.95 bits per heavy atom. The Kier molecular flexibility index (Phi) is 4.13. The third kappa shape index (κ3) is 2.63. The topological polar surface area (TPSA) is 41.9 Å². The quantitative estimate of drug-likeness (QED) is 0.901. The summed E-state index contributed by atoms with van der Waals surface area (Å²) >= 11 is 0. The van der Waals surface area contributed by atoms with Crippen LogP contribution in [-0.2, 0) is 0 Å². The highest BCUT2D eigenvalue weighted by molar-refractivity contribution is 5.44. The smallest absolute Gasteiger partial charge is 0.124 e. The summed E-state index contributed by atoms with van der Waals surface area (Å²) in [6.45, 7) is 2.48. The van der Waals surface area contributed by atoms with Crippen molar-refractivity contribution in [2.24, 2.45) is 0 Å². The molecule has 2 unspecified atom stereocenters. The second kappa shape index (κ2) is 6.02. The predicted molar refractivity (Wildman–Crippen MR) is 77.3 cm³/mol. The van der Waals surface area contributed by atoms with Gasteiger partial charge in [0.1, 0.15) is 24.2 Å². The second-order valence-corrected chi connectivity index (χ2v) is 5.68. The van der Waals surface area contributed by atoms with Gasteiger partial charge < -0.3 is 14.6 Å². The minimum Gasteiger partial charge on any atom is -0.497 e. The Morgan fingerprint density at radius 1 is 1.20 bits per heavy atom. The van der Waals surface area contributed by atoms with Crippen molar-refractivity contribution in [3.63, 3.8) is 0 Å². The summed E-state index contributed by atoms with van der Waals surface area (Å²) in [6.07, 6.45) is 4.54. The highest BCUT2D eigenvalue weighted by atomic mass is 16.5. The van der Waals surface area contributed by atoms with Crippen LogP contribution in [0.5, 0.6) is 11.5 Å². The summed E-state index contributed by atoms with van der Waals surface area (Å²) in [5, 5.41) is 10.4. The number of hydrogen-bond acceptors (Lipinski definition) is 4. The predicted octanol–water partition coefficient (Wildman–Crippen LogP) is 2.37. The van der Waals surface area contributed by atoms with E-state index in [4.69, 9.17) is 9.47 Å². The molecule has 2 aliphatic rings. The zero-order chi connectivity index (χ0) is 13.9. The van der Waals surface area contributed by atoms with Gasteiger partial charge in [0, 0.05) is 5.56 Å². The SMILES string of the molecule is COc1ccc2c(c1)C(N1CCCCCC1)C(O)CO2. The maximum atomic E-state index is 10.4. The van der Waals surface area contributed by atoms with E-state index in [1.165, 1.54) is 25.7 Å². The number of rotatable bonds is 2. The molecule has 0 aromatic heterocycles. The van der Waals surface area contributed by atoms with E-state index < -0.39 is 6.10 Å². The van der Waals surface area contributed by atoms with Crippen molar-refractivity contribution >= 4 is 0 Å². The molecule has 4 heteroatoms. The van der Waals surface area contributed by atoms with Crippen molar-refractivity contribution in [3.8, 4) is 11.5 Å². The Bertz CT molecular complexity index is 455. The van der Waals surface area contributed by atoms with Gasteiger partial charge in [0.25, 0.3) is 0 Å². The highest BCUT2D eigenvalue weighted by Crippen LogP contribution is 2.39. The van der Waals surface area contributed by atoms with Crippen LogP contribution >= 0.6 is 0 Å². The zero-order valence-corrected chi connectivity index (χ0v) is 12.0. The lowest BCUT2D eigenvalue weighted by molar-refractivity contribution is 0.000971. The number of hydrogen-bond donors (Lipinski definition) is 1. The monoisotopic (exact) mass is 277 g/mol. The van der Waals surface area contributed by atoms with E-state index >= 15 is 0 Å². The van der Waals surface area contributed by atoms with Crippen molar-refractivity contribution in [2.75, 3.05) is 26.8 Å². The van der Waals surface area contributed by atoms with Crippen LogP contribution in [0.15, 0.2) is 18.2 Å². The number of aliphatic hydroxyl groups excluding tert-OH is 1. The first-order valence-corrected chi connectivity index (χ1v) is 7.52. The molecule has 0 amide bonds. The van der Waals surface area contributed by atoms with Crippen molar-refractivity contribution in [2.45, 2.75) is 37.8 Å². The largest absolute Gasteiger partial charge is 0.497 e. The van der Waals surface area contributed by atoms with Gasteiger partial charge in [0.15, 0.2) is 0 Å². The lowest BCUT2D eigenvalue weighted by atomic mass is 9.96. The first kappa shape index (κ1) is 13.7. The summed E-state index contributed by atoms with van der Waals surface area (Å²) in [7, 11) is 1.67. The zero-order valence-electron chi connectivity index (χ0n) is 12.0. The van der Waals surface area contributed by atoms with E-state index in [2.05, 4.69) is 4.90 Å². The Morgan fingerprint density at radius 3 is 2.65 bits per heavy atom. The van der Waals surface area contributed by atoms with Gasteiger partial charge >= 0.3 is 0 Å². The number of ether oxygens (including phenoxy) is 2. The second-order valence-electron chi connectivity index (χ2n) is 5.68. The summed E-state index contributed by atoms with van der Waals surface area (Å²) in [5.41, 5.74) is 1.06. The molecule has 0 radical (unpaired) electrons. The molecule has 1 saturated heterocycles. The van der Waals surface area contributed by atoms with Crippen LogP contribution in [0.2, 0.25) is 0 Å². The van der Waals surface area contributed by atoms with Crippen LogP contribution in [0.4, 0.5) is 0 Å². The maximum absolute atomic E-state index is 10.4. The molecule has 1 N–H and O–H groups in total. The van der Waals surface area contributed by atoms with Gasteiger partial charge in [-0.1, -0.05) is 12.8 Å². The standard InChI is InChI=1S/C16H23NO3/c1-19-12-6-7-15-13(10-12)16(14(18)11-20-15)17-8-4-2-3-5-9-17/h6-7,10,14,16,18H,2-5,8-9,11H2,1H3. The molecule has 0 spiro atoms. The Hall–Kier alpha value is -1.26. The van der Waals surface area contributed by atoms with Crippen LogP contribution in [0.25, 0.3) is 0 Å². The Labute approximate surface area is 120 Å². The van der Waals surface area contributed by atoms with E-state index in [1.54, 1.807) is 7.11 Å². The van der Waals surface area contributed by atoms with E-state index in [-0.39, 0.29) is 6.04 Å². The molecule has 2 heterocycles. The van der Waals surface area contributed by atoms with Crippen molar-refractivity contribution < 1.29 is 14.6 Å². The molecule has 1 aromatic rings. The average Bonchev–Trinajstić information content (AvgIpc) is 2.75. The normalized spacial score (nSPS) is 27.3. The molecule has 3 rings (SSSR count). The summed E-state index contributed by atoms with van der Waals surface area (Å²) in [6, 6.07) is 5.90. The van der Waals surface area contributed by atoms with Crippen LogP contribution in [0, 0.1) is 0 Å². The number of fused-ring (bicyclic) bond motifs is 1. The maximum Gasteiger partial charge on any atom is 0.124 e. The van der Waals surface area contributed by atoms with Crippen LogP contribution in [0.3, 0.4) is 0 Å². The first-order chi connectivity index (χ1) is 9.79. The fourth-order valence-electron chi connectivity index (χ4n) is 3.30. The Balaban J connectivity index is 1.93. The molecule has 0 bridgehead atoms. The first-order valence-electron chi connectivity index (χ1n) is 7.52. The molecule has 4 nitrogen and oxygen atoms in total. The van der Waals surface area contributed by atoms with Crippen LogP contribution in [-0.4, -0.2) is 42.9 Å². The molecule has 0 aliphatic carbocycles. The minimum atomic E-state index is -0.465. The van der Waals surface area contributed by atoms with Gasteiger partial charge in [-0.25, -0.2) is 0 Å². The molecule has 1 aromatic carbocycles. The number of likely N-dealkylation sites (tertiary alicyclic amines) is 1. The molecule has 110 valence electrons. The van der Waals surface area contributed by atoms with Crippen LogP contribution < -0.4 is 9.47 Å². The highest BCUT2D eigenvalue weighted by Gasteiger charge is 2.34. The van der Waals surface area contributed by atoms with Gasteiger partial charge in [-0.3, -0.25) is 4.90 Å². The van der Waals surface area contributed by atoms with Crippen molar-refractivity contribution in [3.05, 3.63) is 23.8 Å². The van der Waals surface area contributed by atoms with Gasteiger partial charge in [-0.05, 0) is 44.1 Å². The number of aliphatic hydroxyl groups is 1. The van der Waals surface area contributed by atoms with Gasteiger partial charge in [-0.15, -0.1) is 0 Å². The number of nitrogens with zero attached hydrogens (tertiary/aromatic N) is 1. The fourth-order valence-corrected chi connectivity index (χ4v) is 3.30. The average molecular weight is 277 g/mol. The molecule has 2 atom stereocenters. The van der Waals surface area contributed by atoms with Gasteiger partial charge in [0.05, 0.1) is 13.2 Å². The van der Waals surface area contributed by atoms with Gasteiger partial charge in [0.2, 0.25) is 0 Å². The third-order valence-electron chi connectivity index (χ3n) is 4.34. The molecule has 0 saturated carbocycles. The molecule has 1 fully saturated rings. The van der Waals surface area contributed by atoms with Crippen LogP contribution in [0.1, 0.15) is 37.3 Å². The van der Waals surface area contributed by atoms with E-state index in [0.29, 0.717) is 6.61 Å². The molecule has 2 aliphatic heterocycles. The fraction of sp³-hybridized carbons (Fsp3) is 0.625. The third-order valence-corrected chi connectivity index (χ3v) is 4.34. The van der Waals surface area contributed by atoms with E-state index in [9.17, 15) is 5.11 Å². The lowest BCUT2D eigenvalue weighted by Crippen LogP contribution is -2.42. The summed E-state index contributed by atoms with van der Waals surface area (Å²) in [4.78, 5) is 2.42. The molecular weight excluding hydrogens is 254 g/mol. The minimum absolute atomic E-state index is 0.0342. The summed E-state index contributed by atoms with van der Waals surface area (Å²) in [5.74, 6) is 1.70. The van der Waals surface area contributed by atoms with Crippen molar-refractivity contribution in [1.82, 2.24) is 4.90 Å². The van der Waals surface area contributed by atoms with Crippen molar-refractivity contribution in [1.29, 1.82) is 0 Å². The molecular formula is C16H23NO3.